The van der Waals surface area contributed by atoms with Crippen molar-refractivity contribution in [1.29, 1.82) is 0 Å². The first kappa shape index (κ1) is 25.5. The molecule has 0 aliphatic carbocycles. The molecule has 1 aromatic heterocycles. The number of fused-ring (bicyclic) bond motifs is 1. The Kier molecular flexibility index (Phi) is 7.34. The predicted molar refractivity (Wildman–Crippen MR) is 145 cm³/mol. The zero-order valence-electron chi connectivity index (χ0n) is 19.6. The maximum absolute atomic E-state index is 13.3. The normalized spacial score (nSPS) is 15.6. The highest BCUT2D eigenvalue weighted by Crippen LogP contribution is 2.26. The smallest absolute Gasteiger partial charge is 0.308 e. The summed E-state index contributed by atoms with van der Waals surface area (Å²) in [6.07, 6.45) is 1.81. The van der Waals surface area contributed by atoms with Gasteiger partial charge >= 0.3 is 4.87 Å². The monoisotopic (exact) mass is 557 g/mol. The highest BCUT2D eigenvalue weighted by molar-refractivity contribution is 7.92. The minimum absolute atomic E-state index is 0.0132. The zero-order chi connectivity index (χ0) is 26.0. The van der Waals surface area contributed by atoms with Crippen molar-refractivity contribution in [1.82, 2.24) is 9.88 Å². The summed E-state index contributed by atoms with van der Waals surface area (Å²) >= 11 is 7.22. The van der Waals surface area contributed by atoms with Gasteiger partial charge in [-0.05, 0) is 54.8 Å². The van der Waals surface area contributed by atoms with Crippen molar-refractivity contribution in [3.63, 3.8) is 0 Å². The Balaban J connectivity index is 1.38. The molecule has 4 aromatic rings. The molecule has 5 rings (SSSR count). The van der Waals surface area contributed by atoms with Crippen molar-refractivity contribution >= 4 is 54.8 Å². The Morgan fingerprint density at radius 3 is 2.68 bits per heavy atom. The topological polar surface area (TPSA) is 106 Å². The van der Waals surface area contributed by atoms with Crippen LogP contribution in [0.3, 0.4) is 0 Å². The number of carbonyl (C=O) groups excluding carboxylic acids is 1. The molecule has 0 unspecified atom stereocenters. The van der Waals surface area contributed by atoms with Crippen LogP contribution in [-0.2, 0) is 21.3 Å². The highest BCUT2D eigenvalue weighted by Gasteiger charge is 2.22. The molecule has 8 nitrogen and oxygen atoms in total. The number of halogens is 1. The number of nitrogens with zero attached hydrogens (tertiary/aromatic N) is 1. The summed E-state index contributed by atoms with van der Waals surface area (Å²) in [5.74, 6) is -0.390. The number of benzene rings is 3. The van der Waals surface area contributed by atoms with Crippen LogP contribution in [0.4, 0.5) is 5.69 Å². The molecule has 0 bridgehead atoms. The van der Waals surface area contributed by atoms with E-state index < -0.39 is 10.0 Å². The van der Waals surface area contributed by atoms with E-state index in [9.17, 15) is 18.0 Å². The summed E-state index contributed by atoms with van der Waals surface area (Å²) in [5, 5.41) is 3.37. The first-order chi connectivity index (χ1) is 17.8. The van der Waals surface area contributed by atoms with Crippen LogP contribution in [0.5, 0.6) is 0 Å². The van der Waals surface area contributed by atoms with Gasteiger partial charge in [0.2, 0.25) is 0 Å². The number of anilines is 1. The number of nitrogens with one attached hydrogen (secondary N) is 2. The number of hydrogen-bond donors (Lipinski definition) is 2. The summed E-state index contributed by atoms with van der Waals surface area (Å²) in [7, 11) is -4.04. The van der Waals surface area contributed by atoms with Gasteiger partial charge in [0.1, 0.15) is 0 Å². The van der Waals surface area contributed by atoms with Crippen molar-refractivity contribution in [3.05, 3.63) is 92.5 Å². The zero-order valence-corrected chi connectivity index (χ0v) is 22.0. The van der Waals surface area contributed by atoms with Crippen LogP contribution >= 0.6 is 22.9 Å². The Labute approximate surface area is 222 Å². The second-order valence-electron chi connectivity index (χ2n) is 8.67. The Morgan fingerprint density at radius 1 is 1.11 bits per heavy atom. The molecule has 1 amide bonds. The lowest BCUT2D eigenvalue weighted by Gasteiger charge is -2.14. The molecule has 192 valence electrons. The Morgan fingerprint density at radius 2 is 1.89 bits per heavy atom. The van der Waals surface area contributed by atoms with Gasteiger partial charge in [0.15, 0.2) is 0 Å². The minimum atomic E-state index is -4.04. The van der Waals surface area contributed by atoms with E-state index in [1.165, 1.54) is 18.2 Å². The fourth-order valence-electron chi connectivity index (χ4n) is 4.24. The van der Waals surface area contributed by atoms with Crippen LogP contribution in [-0.4, -0.2) is 38.1 Å². The standard InChI is InChI=1S/C26H24ClN3O5S2/c27-21-9-3-1-6-17(21)16-30-23-12-11-19(14-24(23)36-26(30)32)37(33,34)29-22-10-4-2-8-20(22)25(31)28-15-18-7-5-13-35-18/h1-4,6,8-12,14,18,29H,5,7,13,15-16H2,(H,28,31)/t18-/m1/s1. The number of thiazole rings is 1. The molecule has 1 fully saturated rings. The van der Waals surface area contributed by atoms with Crippen LogP contribution in [0.25, 0.3) is 10.2 Å². The molecular weight excluding hydrogens is 534 g/mol. The number of sulfonamides is 1. The van der Waals surface area contributed by atoms with Crippen LogP contribution in [0.1, 0.15) is 28.8 Å². The van der Waals surface area contributed by atoms with Crippen molar-refractivity contribution in [3.8, 4) is 0 Å². The van der Waals surface area contributed by atoms with Crippen LogP contribution in [0, 0.1) is 0 Å². The van der Waals surface area contributed by atoms with Gasteiger partial charge in [-0.25, -0.2) is 8.42 Å². The van der Waals surface area contributed by atoms with E-state index in [0.717, 1.165) is 29.7 Å². The molecule has 3 aromatic carbocycles. The average Bonchev–Trinajstić information content (AvgIpc) is 3.51. The van der Waals surface area contributed by atoms with Crippen molar-refractivity contribution in [2.24, 2.45) is 0 Å². The van der Waals surface area contributed by atoms with E-state index in [-0.39, 0.29) is 39.6 Å². The molecule has 2 heterocycles. The number of para-hydroxylation sites is 1. The average molecular weight is 558 g/mol. The lowest BCUT2D eigenvalue weighted by Crippen LogP contribution is -2.32. The number of carbonyl (C=O) groups is 1. The molecular formula is C26H24ClN3O5S2. The number of ether oxygens (including phenoxy) is 1. The lowest BCUT2D eigenvalue weighted by atomic mass is 10.1. The lowest BCUT2D eigenvalue weighted by molar-refractivity contribution is 0.0858. The first-order valence-electron chi connectivity index (χ1n) is 11.7. The molecule has 2 N–H and O–H groups in total. The van der Waals surface area contributed by atoms with Gasteiger partial charge in [0.25, 0.3) is 15.9 Å². The fourth-order valence-corrected chi connectivity index (χ4v) is 6.55. The second kappa shape index (κ2) is 10.7. The Hall–Kier alpha value is -3.18. The molecule has 1 atom stereocenters. The van der Waals surface area contributed by atoms with E-state index >= 15 is 0 Å². The molecule has 1 aliphatic rings. The molecule has 37 heavy (non-hydrogen) atoms. The van der Waals surface area contributed by atoms with Crippen molar-refractivity contribution in [2.45, 2.75) is 30.4 Å². The van der Waals surface area contributed by atoms with Gasteiger partial charge in [0.05, 0.1) is 39.0 Å². The molecule has 1 saturated heterocycles. The van der Waals surface area contributed by atoms with E-state index in [4.69, 9.17) is 16.3 Å². The number of rotatable bonds is 8. The third-order valence-electron chi connectivity index (χ3n) is 6.17. The fraction of sp³-hybridized carbons (Fsp3) is 0.231. The summed E-state index contributed by atoms with van der Waals surface area (Å²) in [6.45, 7) is 1.32. The molecule has 0 radical (unpaired) electrons. The largest absolute Gasteiger partial charge is 0.376 e. The van der Waals surface area contributed by atoms with E-state index in [1.807, 2.05) is 18.2 Å². The molecule has 0 spiro atoms. The SMILES string of the molecule is O=C(NC[C@H]1CCCO1)c1ccccc1NS(=O)(=O)c1ccc2c(c1)sc(=O)n2Cc1ccccc1Cl. The van der Waals surface area contributed by atoms with Gasteiger partial charge in [-0.1, -0.05) is 53.3 Å². The molecule has 11 heteroatoms. The van der Waals surface area contributed by atoms with Crippen LogP contribution in [0.15, 0.2) is 76.4 Å². The minimum Gasteiger partial charge on any atom is -0.376 e. The maximum Gasteiger partial charge on any atom is 0.308 e. The summed E-state index contributed by atoms with van der Waals surface area (Å²) in [5.41, 5.74) is 1.78. The molecule has 0 saturated carbocycles. The van der Waals surface area contributed by atoms with Crippen LogP contribution in [0.2, 0.25) is 5.02 Å². The number of amides is 1. The third-order valence-corrected chi connectivity index (χ3v) is 8.84. The van der Waals surface area contributed by atoms with Gasteiger partial charge < -0.3 is 10.1 Å². The van der Waals surface area contributed by atoms with Crippen molar-refractivity contribution < 1.29 is 17.9 Å². The Bertz CT molecular complexity index is 1620. The quantitative estimate of drug-likeness (QED) is 0.332. The number of aromatic nitrogens is 1. The van der Waals surface area contributed by atoms with Gasteiger partial charge in [-0.2, -0.15) is 0 Å². The predicted octanol–water partition coefficient (Wildman–Crippen LogP) is 4.47. The molecule has 1 aliphatic heterocycles. The summed E-state index contributed by atoms with van der Waals surface area (Å²) < 4.78 is 36.7. The van der Waals surface area contributed by atoms with Crippen molar-refractivity contribution in [2.75, 3.05) is 17.9 Å². The maximum atomic E-state index is 13.3. The van der Waals surface area contributed by atoms with Gasteiger partial charge in [-0.3, -0.25) is 18.9 Å². The van der Waals surface area contributed by atoms with Gasteiger partial charge in [-0.15, -0.1) is 0 Å². The van der Waals surface area contributed by atoms with E-state index in [1.54, 1.807) is 34.9 Å². The van der Waals surface area contributed by atoms with Crippen LogP contribution < -0.4 is 14.9 Å². The second-order valence-corrected chi connectivity index (χ2v) is 11.8. The summed E-state index contributed by atoms with van der Waals surface area (Å²) in [6, 6.07) is 18.2. The highest BCUT2D eigenvalue weighted by atomic mass is 35.5. The van der Waals surface area contributed by atoms with E-state index in [0.29, 0.717) is 28.4 Å². The van der Waals surface area contributed by atoms with E-state index in [2.05, 4.69) is 10.0 Å². The summed E-state index contributed by atoms with van der Waals surface area (Å²) in [4.78, 5) is 25.3. The third kappa shape index (κ3) is 5.57. The van der Waals surface area contributed by atoms with Gasteiger partial charge in [0, 0.05) is 18.2 Å². The first-order valence-corrected chi connectivity index (χ1v) is 14.4. The number of hydrogen-bond acceptors (Lipinski definition) is 6.